The smallest absolute Gasteiger partial charge is 0.326 e. The zero-order valence-corrected chi connectivity index (χ0v) is 13.1. The van der Waals surface area contributed by atoms with Crippen LogP contribution in [0.3, 0.4) is 0 Å². The van der Waals surface area contributed by atoms with Gasteiger partial charge in [-0.05, 0) is 19.3 Å². The van der Waals surface area contributed by atoms with Gasteiger partial charge in [-0.25, -0.2) is 18.0 Å². The third-order valence-corrected chi connectivity index (χ3v) is 5.44. The molecule has 2 amide bonds. The molecule has 1 aliphatic carbocycles. The average molecular weight is 320 g/mol. The number of carboxylic acids is 1. The third-order valence-electron chi connectivity index (χ3n) is 3.70. The molecule has 0 aromatic carbocycles. The predicted octanol–water partition coefficient (Wildman–Crippen LogP) is 0.896. The van der Waals surface area contributed by atoms with Crippen molar-refractivity contribution in [3.05, 3.63) is 0 Å². The summed E-state index contributed by atoms with van der Waals surface area (Å²) >= 11 is 0. The van der Waals surface area contributed by atoms with Crippen LogP contribution in [0.25, 0.3) is 0 Å². The maximum Gasteiger partial charge on any atom is 0.326 e. The van der Waals surface area contributed by atoms with E-state index in [-0.39, 0.29) is 24.0 Å². The van der Waals surface area contributed by atoms with E-state index in [1.54, 1.807) is 0 Å². The summed E-state index contributed by atoms with van der Waals surface area (Å²) in [5, 5.41) is 14.2. The number of sulfone groups is 1. The molecule has 7 nitrogen and oxygen atoms in total. The second-order valence-electron chi connectivity index (χ2n) is 5.37. The molecule has 0 bridgehead atoms. The van der Waals surface area contributed by atoms with Gasteiger partial charge in [-0.1, -0.05) is 26.2 Å². The Morgan fingerprint density at radius 2 is 1.86 bits per heavy atom. The van der Waals surface area contributed by atoms with E-state index in [2.05, 4.69) is 10.6 Å². The standard InChI is InChI=1S/C13H24N2O5S/c1-2-21(19,20)9-8-11(12(16)17)15-13(18)14-10-6-4-3-5-7-10/h10-11H,2-9H2,1H3,(H,16,17)(H2,14,15,18). The second-order valence-corrected chi connectivity index (χ2v) is 7.84. The van der Waals surface area contributed by atoms with Crippen LogP contribution in [0.4, 0.5) is 4.79 Å². The van der Waals surface area contributed by atoms with Crippen LogP contribution in [0.1, 0.15) is 45.4 Å². The summed E-state index contributed by atoms with van der Waals surface area (Å²) in [7, 11) is -3.25. The number of urea groups is 1. The molecule has 0 radical (unpaired) electrons. The van der Waals surface area contributed by atoms with E-state index in [1.807, 2.05) is 0 Å². The number of amides is 2. The Hall–Kier alpha value is -1.31. The summed E-state index contributed by atoms with van der Waals surface area (Å²) in [5.74, 6) is -1.50. The van der Waals surface area contributed by atoms with Crippen LogP contribution in [-0.4, -0.2) is 49.1 Å². The Morgan fingerprint density at radius 3 is 2.38 bits per heavy atom. The molecule has 21 heavy (non-hydrogen) atoms. The highest BCUT2D eigenvalue weighted by molar-refractivity contribution is 7.91. The normalized spacial score (nSPS) is 18.0. The molecule has 0 spiro atoms. The highest BCUT2D eigenvalue weighted by Crippen LogP contribution is 2.17. The lowest BCUT2D eigenvalue weighted by Gasteiger charge is -2.24. The molecule has 1 fully saturated rings. The Kier molecular flexibility index (Phi) is 6.94. The van der Waals surface area contributed by atoms with Gasteiger partial charge in [0.1, 0.15) is 15.9 Å². The van der Waals surface area contributed by atoms with Gasteiger partial charge in [0.2, 0.25) is 0 Å². The van der Waals surface area contributed by atoms with Crippen LogP contribution in [0, 0.1) is 0 Å². The van der Waals surface area contributed by atoms with E-state index >= 15 is 0 Å². The molecule has 0 heterocycles. The molecule has 0 aliphatic heterocycles. The van der Waals surface area contributed by atoms with Crippen molar-refractivity contribution in [3.8, 4) is 0 Å². The molecule has 0 aromatic heterocycles. The van der Waals surface area contributed by atoms with Gasteiger partial charge in [0.15, 0.2) is 0 Å². The Bertz CT molecular complexity index is 457. The third kappa shape index (κ3) is 6.79. The molecule has 0 aromatic rings. The number of carbonyl (C=O) groups is 2. The fourth-order valence-electron chi connectivity index (χ4n) is 2.33. The van der Waals surface area contributed by atoms with Crippen molar-refractivity contribution in [3.63, 3.8) is 0 Å². The minimum Gasteiger partial charge on any atom is -0.480 e. The molecule has 0 saturated heterocycles. The maximum absolute atomic E-state index is 11.8. The lowest BCUT2D eigenvalue weighted by molar-refractivity contribution is -0.139. The Morgan fingerprint density at radius 1 is 1.24 bits per heavy atom. The zero-order valence-electron chi connectivity index (χ0n) is 12.3. The second kappa shape index (κ2) is 8.21. The van der Waals surface area contributed by atoms with Gasteiger partial charge >= 0.3 is 12.0 Å². The summed E-state index contributed by atoms with van der Waals surface area (Å²) in [6.45, 7) is 1.51. The summed E-state index contributed by atoms with van der Waals surface area (Å²) in [6.07, 6.45) is 4.95. The van der Waals surface area contributed by atoms with Crippen molar-refractivity contribution in [1.29, 1.82) is 0 Å². The molecular formula is C13H24N2O5S. The number of rotatable bonds is 7. The van der Waals surface area contributed by atoms with E-state index in [4.69, 9.17) is 5.11 Å². The molecule has 1 atom stereocenters. The number of aliphatic carboxylic acids is 1. The van der Waals surface area contributed by atoms with Gasteiger partial charge in [-0.3, -0.25) is 0 Å². The van der Waals surface area contributed by atoms with E-state index in [9.17, 15) is 18.0 Å². The van der Waals surface area contributed by atoms with E-state index in [0.29, 0.717) is 0 Å². The van der Waals surface area contributed by atoms with Gasteiger partial charge in [0.25, 0.3) is 0 Å². The molecule has 8 heteroatoms. The monoisotopic (exact) mass is 320 g/mol. The molecule has 122 valence electrons. The molecular weight excluding hydrogens is 296 g/mol. The van der Waals surface area contributed by atoms with Crippen LogP contribution >= 0.6 is 0 Å². The molecule has 1 saturated carbocycles. The van der Waals surface area contributed by atoms with Crippen molar-refractivity contribution in [2.75, 3.05) is 11.5 Å². The highest BCUT2D eigenvalue weighted by Gasteiger charge is 2.24. The van der Waals surface area contributed by atoms with E-state index < -0.39 is 27.9 Å². The average Bonchev–Trinajstić information content (AvgIpc) is 2.44. The van der Waals surface area contributed by atoms with Gasteiger partial charge < -0.3 is 15.7 Å². The van der Waals surface area contributed by atoms with Crippen molar-refractivity contribution >= 4 is 21.8 Å². The van der Waals surface area contributed by atoms with Crippen LogP contribution in [0.2, 0.25) is 0 Å². The lowest BCUT2D eigenvalue weighted by Crippen LogP contribution is -2.49. The summed E-state index contributed by atoms with van der Waals surface area (Å²) in [6, 6.07) is -1.65. The number of hydrogen-bond donors (Lipinski definition) is 3. The van der Waals surface area contributed by atoms with Crippen LogP contribution in [0.15, 0.2) is 0 Å². The predicted molar refractivity (Wildman–Crippen MR) is 78.9 cm³/mol. The summed E-state index contributed by atoms with van der Waals surface area (Å²) in [4.78, 5) is 22.9. The molecule has 1 rings (SSSR count). The molecule has 1 aliphatic rings. The summed E-state index contributed by atoms with van der Waals surface area (Å²) < 4.78 is 22.8. The van der Waals surface area contributed by atoms with Gasteiger partial charge in [0.05, 0.1) is 5.75 Å². The minimum absolute atomic E-state index is 0.0341. The minimum atomic E-state index is -3.25. The quantitative estimate of drug-likeness (QED) is 0.645. The fraction of sp³-hybridized carbons (Fsp3) is 0.846. The number of nitrogens with one attached hydrogen (secondary N) is 2. The van der Waals surface area contributed by atoms with Crippen LogP contribution in [0.5, 0.6) is 0 Å². The first kappa shape index (κ1) is 17.7. The van der Waals surface area contributed by atoms with Crippen LogP contribution in [-0.2, 0) is 14.6 Å². The van der Waals surface area contributed by atoms with Crippen molar-refractivity contribution in [1.82, 2.24) is 10.6 Å². The first-order chi connectivity index (χ1) is 9.84. The van der Waals surface area contributed by atoms with E-state index in [1.165, 1.54) is 6.92 Å². The fourth-order valence-corrected chi connectivity index (χ4v) is 3.21. The lowest BCUT2D eigenvalue weighted by atomic mass is 9.96. The van der Waals surface area contributed by atoms with Crippen molar-refractivity contribution in [2.24, 2.45) is 0 Å². The topological polar surface area (TPSA) is 113 Å². The highest BCUT2D eigenvalue weighted by atomic mass is 32.2. The Balaban J connectivity index is 2.45. The van der Waals surface area contributed by atoms with Gasteiger partial charge in [0, 0.05) is 11.8 Å². The first-order valence-electron chi connectivity index (χ1n) is 7.34. The molecule has 3 N–H and O–H groups in total. The SMILES string of the molecule is CCS(=O)(=O)CCC(NC(=O)NC1CCCCC1)C(=O)O. The number of carbonyl (C=O) groups excluding carboxylic acids is 1. The molecule has 1 unspecified atom stereocenters. The zero-order chi connectivity index (χ0) is 15.9. The van der Waals surface area contributed by atoms with Gasteiger partial charge in [-0.15, -0.1) is 0 Å². The van der Waals surface area contributed by atoms with E-state index in [0.717, 1.165) is 32.1 Å². The van der Waals surface area contributed by atoms with Gasteiger partial charge in [-0.2, -0.15) is 0 Å². The van der Waals surface area contributed by atoms with Crippen LogP contribution < -0.4 is 10.6 Å². The van der Waals surface area contributed by atoms with Crippen molar-refractivity contribution < 1.29 is 23.1 Å². The Labute approximate surface area is 125 Å². The van der Waals surface area contributed by atoms with Crippen molar-refractivity contribution in [2.45, 2.75) is 57.5 Å². The number of hydrogen-bond acceptors (Lipinski definition) is 4. The first-order valence-corrected chi connectivity index (χ1v) is 9.16. The largest absolute Gasteiger partial charge is 0.480 e. The number of carboxylic acid groups (broad SMARTS) is 1. The summed E-state index contributed by atoms with van der Waals surface area (Å²) in [5.41, 5.74) is 0. The maximum atomic E-state index is 11.8.